The number of piperazine rings is 1. The van der Waals surface area contributed by atoms with Gasteiger partial charge in [-0.2, -0.15) is 0 Å². The Morgan fingerprint density at radius 1 is 1.38 bits per heavy atom. The molecule has 1 aliphatic rings. The quantitative estimate of drug-likeness (QED) is 0.763. The predicted octanol–water partition coefficient (Wildman–Crippen LogP) is 1.26. The molecule has 1 fully saturated rings. The van der Waals surface area contributed by atoms with E-state index in [0.29, 0.717) is 12.1 Å². The number of hydrogen-bond acceptors (Lipinski definition) is 3. The first kappa shape index (κ1) is 13.9. The topological polar surface area (TPSA) is 18.5 Å². The Labute approximate surface area is 101 Å². The van der Waals surface area contributed by atoms with Crippen molar-refractivity contribution >= 4 is 0 Å². The second kappa shape index (κ2) is 6.58. The second-order valence-corrected chi connectivity index (χ2v) is 5.82. The molecular formula is C13H29N3. The van der Waals surface area contributed by atoms with E-state index in [1.165, 1.54) is 19.4 Å². The third kappa shape index (κ3) is 4.40. The summed E-state index contributed by atoms with van der Waals surface area (Å²) in [6.07, 6.45) is 2.59. The molecule has 0 radical (unpaired) electrons. The van der Waals surface area contributed by atoms with Crippen molar-refractivity contribution in [1.82, 2.24) is 15.1 Å². The van der Waals surface area contributed by atoms with Crippen molar-refractivity contribution < 1.29 is 0 Å². The molecule has 2 atom stereocenters. The van der Waals surface area contributed by atoms with Gasteiger partial charge in [-0.1, -0.05) is 13.8 Å². The van der Waals surface area contributed by atoms with Crippen LogP contribution in [0.4, 0.5) is 0 Å². The molecule has 0 aromatic rings. The third-order valence-electron chi connectivity index (χ3n) is 3.66. The summed E-state index contributed by atoms with van der Waals surface area (Å²) >= 11 is 0. The van der Waals surface area contributed by atoms with Crippen molar-refractivity contribution in [3.05, 3.63) is 0 Å². The van der Waals surface area contributed by atoms with Crippen molar-refractivity contribution in [2.75, 3.05) is 40.8 Å². The molecule has 96 valence electrons. The largest absolute Gasteiger partial charge is 0.314 e. The van der Waals surface area contributed by atoms with Crippen LogP contribution in [0.25, 0.3) is 0 Å². The molecule has 1 heterocycles. The highest BCUT2D eigenvalue weighted by molar-refractivity contribution is 4.82. The molecule has 0 aromatic heterocycles. The summed E-state index contributed by atoms with van der Waals surface area (Å²) in [6, 6.07) is 1.42. The average molecular weight is 227 g/mol. The van der Waals surface area contributed by atoms with Gasteiger partial charge in [-0.25, -0.2) is 0 Å². The van der Waals surface area contributed by atoms with E-state index in [-0.39, 0.29) is 0 Å². The summed E-state index contributed by atoms with van der Waals surface area (Å²) in [5.74, 6) is 0.786. The fourth-order valence-electron chi connectivity index (χ4n) is 2.50. The molecule has 1 aliphatic heterocycles. The first-order chi connectivity index (χ1) is 7.50. The van der Waals surface area contributed by atoms with E-state index in [0.717, 1.165) is 19.0 Å². The van der Waals surface area contributed by atoms with Gasteiger partial charge in [0.15, 0.2) is 0 Å². The molecule has 16 heavy (non-hydrogen) atoms. The van der Waals surface area contributed by atoms with E-state index in [2.05, 4.69) is 50.1 Å². The Kier molecular flexibility index (Phi) is 5.73. The van der Waals surface area contributed by atoms with Gasteiger partial charge in [0.05, 0.1) is 0 Å². The van der Waals surface area contributed by atoms with Gasteiger partial charge in [0.2, 0.25) is 0 Å². The molecule has 3 nitrogen and oxygen atoms in total. The van der Waals surface area contributed by atoms with E-state index in [1.807, 2.05) is 0 Å². The standard InChI is InChI=1S/C13H29N3/c1-11(2)8-12(15(3)4)9-13-10-14-6-7-16(13)5/h11-14H,6-10H2,1-5H3. The molecular weight excluding hydrogens is 198 g/mol. The van der Waals surface area contributed by atoms with Gasteiger partial charge >= 0.3 is 0 Å². The van der Waals surface area contributed by atoms with Gasteiger partial charge in [-0.05, 0) is 39.9 Å². The summed E-state index contributed by atoms with van der Waals surface area (Å²) in [6.45, 7) is 8.12. The van der Waals surface area contributed by atoms with Crippen LogP contribution >= 0.6 is 0 Å². The molecule has 3 heteroatoms. The van der Waals surface area contributed by atoms with Gasteiger partial charge in [-0.3, -0.25) is 0 Å². The second-order valence-electron chi connectivity index (χ2n) is 5.82. The Bertz CT molecular complexity index is 192. The molecule has 0 aromatic carbocycles. The molecule has 0 saturated carbocycles. The molecule has 0 amide bonds. The first-order valence-electron chi connectivity index (χ1n) is 6.58. The monoisotopic (exact) mass is 227 g/mol. The van der Waals surface area contributed by atoms with Crippen LogP contribution in [0.3, 0.4) is 0 Å². The van der Waals surface area contributed by atoms with Crippen LogP contribution < -0.4 is 5.32 Å². The van der Waals surface area contributed by atoms with Gasteiger partial charge in [0, 0.05) is 31.7 Å². The van der Waals surface area contributed by atoms with Gasteiger partial charge < -0.3 is 15.1 Å². The van der Waals surface area contributed by atoms with Crippen LogP contribution in [-0.4, -0.2) is 62.7 Å². The van der Waals surface area contributed by atoms with Crippen LogP contribution in [0.15, 0.2) is 0 Å². The first-order valence-corrected chi connectivity index (χ1v) is 6.58. The number of nitrogens with one attached hydrogen (secondary N) is 1. The maximum absolute atomic E-state index is 3.50. The summed E-state index contributed by atoms with van der Waals surface area (Å²) in [5.41, 5.74) is 0. The SMILES string of the molecule is CC(C)CC(CC1CNCCN1C)N(C)C. The number of rotatable bonds is 5. The Hall–Kier alpha value is -0.120. The highest BCUT2D eigenvalue weighted by atomic mass is 15.2. The maximum Gasteiger partial charge on any atom is 0.0233 e. The fourth-order valence-corrected chi connectivity index (χ4v) is 2.50. The maximum atomic E-state index is 3.50. The Morgan fingerprint density at radius 3 is 2.56 bits per heavy atom. The van der Waals surface area contributed by atoms with Crippen molar-refractivity contribution in [2.45, 2.75) is 38.8 Å². The number of nitrogens with zero attached hydrogens (tertiary/aromatic N) is 2. The highest BCUT2D eigenvalue weighted by Gasteiger charge is 2.24. The smallest absolute Gasteiger partial charge is 0.0233 e. The lowest BCUT2D eigenvalue weighted by Crippen LogP contribution is -2.51. The normalized spacial score (nSPS) is 25.3. The van der Waals surface area contributed by atoms with E-state index < -0.39 is 0 Å². The molecule has 0 aliphatic carbocycles. The minimum absolute atomic E-state index is 0.708. The zero-order valence-corrected chi connectivity index (χ0v) is 11.7. The minimum atomic E-state index is 0.708. The lowest BCUT2D eigenvalue weighted by atomic mass is 9.95. The van der Waals surface area contributed by atoms with Crippen molar-refractivity contribution in [3.8, 4) is 0 Å². The molecule has 1 rings (SSSR count). The van der Waals surface area contributed by atoms with Gasteiger partial charge in [0.25, 0.3) is 0 Å². The van der Waals surface area contributed by atoms with E-state index in [4.69, 9.17) is 0 Å². The zero-order valence-electron chi connectivity index (χ0n) is 11.7. The van der Waals surface area contributed by atoms with Crippen LogP contribution in [0.1, 0.15) is 26.7 Å². The molecule has 1 saturated heterocycles. The molecule has 0 spiro atoms. The van der Waals surface area contributed by atoms with Crippen LogP contribution in [-0.2, 0) is 0 Å². The highest BCUT2D eigenvalue weighted by Crippen LogP contribution is 2.17. The number of likely N-dealkylation sites (N-methyl/N-ethyl adjacent to an activating group) is 1. The molecule has 0 bridgehead atoms. The minimum Gasteiger partial charge on any atom is -0.314 e. The Morgan fingerprint density at radius 2 is 2.06 bits per heavy atom. The van der Waals surface area contributed by atoms with Crippen LogP contribution in [0, 0.1) is 5.92 Å². The van der Waals surface area contributed by atoms with Crippen molar-refractivity contribution in [2.24, 2.45) is 5.92 Å². The summed E-state index contributed by atoms with van der Waals surface area (Å²) in [5, 5.41) is 3.50. The molecule has 2 unspecified atom stereocenters. The summed E-state index contributed by atoms with van der Waals surface area (Å²) < 4.78 is 0. The van der Waals surface area contributed by atoms with Gasteiger partial charge in [0.1, 0.15) is 0 Å². The van der Waals surface area contributed by atoms with Crippen molar-refractivity contribution in [1.29, 1.82) is 0 Å². The fraction of sp³-hybridized carbons (Fsp3) is 1.00. The predicted molar refractivity (Wildman–Crippen MR) is 70.8 cm³/mol. The molecule has 1 N–H and O–H groups in total. The summed E-state index contributed by atoms with van der Waals surface area (Å²) in [4.78, 5) is 4.90. The third-order valence-corrected chi connectivity index (χ3v) is 3.66. The van der Waals surface area contributed by atoms with E-state index in [9.17, 15) is 0 Å². The van der Waals surface area contributed by atoms with Gasteiger partial charge in [-0.15, -0.1) is 0 Å². The summed E-state index contributed by atoms with van der Waals surface area (Å²) in [7, 11) is 6.68. The lowest BCUT2D eigenvalue weighted by molar-refractivity contribution is 0.139. The number of hydrogen-bond donors (Lipinski definition) is 1. The Balaban J connectivity index is 2.46. The van der Waals surface area contributed by atoms with Crippen LogP contribution in [0.2, 0.25) is 0 Å². The van der Waals surface area contributed by atoms with Crippen molar-refractivity contribution in [3.63, 3.8) is 0 Å². The average Bonchev–Trinajstić information content (AvgIpc) is 2.19. The van der Waals surface area contributed by atoms with E-state index >= 15 is 0 Å². The van der Waals surface area contributed by atoms with E-state index in [1.54, 1.807) is 0 Å². The lowest BCUT2D eigenvalue weighted by Gasteiger charge is -2.37. The zero-order chi connectivity index (χ0) is 12.1. The van der Waals surface area contributed by atoms with Crippen LogP contribution in [0.5, 0.6) is 0 Å².